The number of benzene rings is 2. The van der Waals surface area contributed by atoms with Crippen LogP contribution in [0.2, 0.25) is 0 Å². The first kappa shape index (κ1) is 15.2. The zero-order valence-electron chi connectivity index (χ0n) is 13.2. The van der Waals surface area contributed by atoms with E-state index >= 15 is 0 Å². The maximum absolute atomic E-state index is 5.26. The summed E-state index contributed by atoms with van der Waals surface area (Å²) in [7, 11) is 1.68. The van der Waals surface area contributed by atoms with Gasteiger partial charge < -0.3 is 10.1 Å². The van der Waals surface area contributed by atoms with E-state index in [0.717, 1.165) is 22.6 Å². The van der Waals surface area contributed by atoms with Gasteiger partial charge in [-0.15, -0.1) is 0 Å². The smallest absolute Gasteiger partial charge is 0.222 e. The van der Waals surface area contributed by atoms with Gasteiger partial charge in [-0.2, -0.15) is 10.1 Å². The standard InChI is InChI=1S/C18H17BrN4O/c1-24-15-7-5-12(6-8-15)17-10-16(13-3-2-4-14(19)9-13)22-18-20-11-21-23(17)18/h2-9,11,16-17H,10H2,1H3,(H,20,21,22). The Hall–Kier alpha value is -2.34. The molecule has 1 aliphatic rings. The van der Waals surface area contributed by atoms with Crippen molar-refractivity contribution in [2.24, 2.45) is 0 Å². The number of ether oxygens (including phenoxy) is 1. The van der Waals surface area contributed by atoms with E-state index in [9.17, 15) is 0 Å². The van der Waals surface area contributed by atoms with Crippen LogP contribution in [-0.4, -0.2) is 21.9 Å². The average molecular weight is 385 g/mol. The summed E-state index contributed by atoms with van der Waals surface area (Å²) in [5.41, 5.74) is 2.43. The number of methoxy groups -OCH3 is 1. The highest BCUT2D eigenvalue weighted by atomic mass is 79.9. The molecule has 0 amide bonds. The summed E-state index contributed by atoms with van der Waals surface area (Å²) in [6.07, 6.45) is 2.50. The SMILES string of the molecule is COc1ccc(C2CC(c3cccc(Br)c3)Nc3ncnn32)cc1. The molecule has 2 atom stereocenters. The van der Waals surface area contributed by atoms with Gasteiger partial charge in [-0.25, -0.2) is 4.68 Å². The van der Waals surface area contributed by atoms with E-state index in [1.807, 2.05) is 22.9 Å². The molecule has 122 valence electrons. The summed E-state index contributed by atoms with van der Waals surface area (Å²) in [5, 5.41) is 7.89. The number of aromatic nitrogens is 3. The molecule has 5 nitrogen and oxygen atoms in total. The normalized spacial score (nSPS) is 19.4. The van der Waals surface area contributed by atoms with Crippen molar-refractivity contribution in [2.75, 3.05) is 12.4 Å². The first-order chi connectivity index (χ1) is 11.7. The van der Waals surface area contributed by atoms with Crippen molar-refractivity contribution in [1.82, 2.24) is 14.8 Å². The second-order valence-electron chi connectivity index (χ2n) is 5.80. The Balaban J connectivity index is 1.70. The van der Waals surface area contributed by atoms with Gasteiger partial charge in [0.25, 0.3) is 0 Å². The molecule has 4 rings (SSSR count). The number of nitrogens with one attached hydrogen (secondary N) is 1. The number of halogens is 1. The number of hydrogen-bond donors (Lipinski definition) is 1. The monoisotopic (exact) mass is 384 g/mol. The van der Waals surface area contributed by atoms with Crippen molar-refractivity contribution >= 4 is 21.9 Å². The molecule has 3 aromatic rings. The molecule has 6 heteroatoms. The second kappa shape index (κ2) is 6.28. The van der Waals surface area contributed by atoms with Crippen LogP contribution in [0.3, 0.4) is 0 Å². The van der Waals surface area contributed by atoms with E-state index in [-0.39, 0.29) is 12.1 Å². The molecule has 1 aliphatic heterocycles. The van der Waals surface area contributed by atoms with Gasteiger partial charge in [-0.05, 0) is 41.8 Å². The highest BCUT2D eigenvalue weighted by molar-refractivity contribution is 9.10. The van der Waals surface area contributed by atoms with Gasteiger partial charge in [0.05, 0.1) is 19.2 Å². The summed E-state index contributed by atoms with van der Waals surface area (Å²) in [5.74, 6) is 1.65. The second-order valence-corrected chi connectivity index (χ2v) is 6.72. The third-order valence-electron chi connectivity index (χ3n) is 4.38. The van der Waals surface area contributed by atoms with Gasteiger partial charge in [-0.1, -0.05) is 40.2 Å². The molecule has 2 unspecified atom stereocenters. The molecule has 0 saturated heterocycles. The lowest BCUT2D eigenvalue weighted by molar-refractivity contribution is 0.411. The number of fused-ring (bicyclic) bond motifs is 1. The van der Waals surface area contributed by atoms with Crippen molar-refractivity contribution in [3.05, 3.63) is 70.5 Å². The maximum atomic E-state index is 5.26. The van der Waals surface area contributed by atoms with Crippen LogP contribution in [0.1, 0.15) is 29.6 Å². The van der Waals surface area contributed by atoms with Crippen LogP contribution in [0.5, 0.6) is 5.75 Å². The molecule has 0 bridgehead atoms. The summed E-state index contributed by atoms with van der Waals surface area (Å²) < 4.78 is 8.30. The summed E-state index contributed by atoms with van der Waals surface area (Å²) in [6, 6.07) is 16.9. The first-order valence-electron chi connectivity index (χ1n) is 7.80. The Morgan fingerprint density at radius 3 is 2.75 bits per heavy atom. The zero-order chi connectivity index (χ0) is 16.5. The Morgan fingerprint density at radius 1 is 1.17 bits per heavy atom. The molecule has 0 fully saturated rings. The molecule has 0 radical (unpaired) electrons. The predicted molar refractivity (Wildman–Crippen MR) is 96.3 cm³/mol. The van der Waals surface area contributed by atoms with E-state index in [1.54, 1.807) is 13.4 Å². The summed E-state index contributed by atoms with van der Waals surface area (Å²) in [4.78, 5) is 4.37. The van der Waals surface area contributed by atoms with Crippen molar-refractivity contribution < 1.29 is 4.74 Å². The minimum atomic E-state index is 0.138. The first-order valence-corrected chi connectivity index (χ1v) is 8.59. The third-order valence-corrected chi connectivity index (χ3v) is 4.88. The lowest BCUT2D eigenvalue weighted by Gasteiger charge is -2.32. The van der Waals surface area contributed by atoms with Gasteiger partial charge in [0.2, 0.25) is 5.95 Å². The fourth-order valence-electron chi connectivity index (χ4n) is 3.17. The average Bonchev–Trinajstić information content (AvgIpc) is 3.09. The van der Waals surface area contributed by atoms with Gasteiger partial charge in [0.15, 0.2) is 0 Å². The number of anilines is 1. The van der Waals surface area contributed by atoms with E-state index < -0.39 is 0 Å². The van der Waals surface area contributed by atoms with Crippen LogP contribution in [0.15, 0.2) is 59.3 Å². The van der Waals surface area contributed by atoms with Crippen LogP contribution in [-0.2, 0) is 0 Å². The predicted octanol–water partition coefficient (Wildman–Crippen LogP) is 4.20. The molecule has 2 aromatic carbocycles. The maximum Gasteiger partial charge on any atom is 0.222 e. The van der Waals surface area contributed by atoms with Gasteiger partial charge in [0.1, 0.15) is 12.1 Å². The fraction of sp³-hybridized carbons (Fsp3) is 0.222. The Labute approximate surface area is 148 Å². The van der Waals surface area contributed by atoms with E-state index in [2.05, 4.69) is 61.7 Å². The van der Waals surface area contributed by atoms with Crippen molar-refractivity contribution in [2.45, 2.75) is 18.5 Å². The summed E-state index contributed by atoms with van der Waals surface area (Å²) in [6.45, 7) is 0. The van der Waals surface area contributed by atoms with Gasteiger partial charge in [-0.3, -0.25) is 0 Å². The number of nitrogens with zero attached hydrogens (tertiary/aromatic N) is 3. The van der Waals surface area contributed by atoms with E-state index in [1.165, 1.54) is 11.1 Å². The number of hydrogen-bond acceptors (Lipinski definition) is 4. The number of rotatable bonds is 3. The van der Waals surface area contributed by atoms with Crippen LogP contribution in [0.4, 0.5) is 5.95 Å². The Kier molecular flexibility index (Phi) is 3.98. The van der Waals surface area contributed by atoms with Crippen molar-refractivity contribution in [3.8, 4) is 5.75 Å². The lowest BCUT2D eigenvalue weighted by Crippen LogP contribution is -2.28. The summed E-state index contributed by atoms with van der Waals surface area (Å²) >= 11 is 3.55. The van der Waals surface area contributed by atoms with Gasteiger partial charge >= 0.3 is 0 Å². The van der Waals surface area contributed by atoms with Gasteiger partial charge in [0, 0.05) is 4.47 Å². The van der Waals surface area contributed by atoms with Crippen LogP contribution in [0, 0.1) is 0 Å². The Morgan fingerprint density at radius 2 is 2.00 bits per heavy atom. The third kappa shape index (κ3) is 2.78. The van der Waals surface area contributed by atoms with Crippen LogP contribution in [0.25, 0.3) is 0 Å². The quantitative estimate of drug-likeness (QED) is 0.735. The largest absolute Gasteiger partial charge is 0.497 e. The Bertz CT molecular complexity index is 846. The minimum Gasteiger partial charge on any atom is -0.497 e. The van der Waals surface area contributed by atoms with E-state index in [4.69, 9.17) is 4.74 Å². The van der Waals surface area contributed by atoms with E-state index in [0.29, 0.717) is 0 Å². The molecule has 0 aliphatic carbocycles. The molecule has 24 heavy (non-hydrogen) atoms. The molecule has 2 heterocycles. The highest BCUT2D eigenvalue weighted by Gasteiger charge is 2.29. The van der Waals surface area contributed by atoms with Crippen LogP contribution >= 0.6 is 15.9 Å². The molecule has 1 N–H and O–H groups in total. The lowest BCUT2D eigenvalue weighted by atomic mass is 9.93. The minimum absolute atomic E-state index is 0.138. The molecular formula is C18H17BrN4O. The fourth-order valence-corrected chi connectivity index (χ4v) is 3.58. The molecule has 1 aromatic heterocycles. The van der Waals surface area contributed by atoms with Crippen molar-refractivity contribution in [3.63, 3.8) is 0 Å². The molecule has 0 spiro atoms. The van der Waals surface area contributed by atoms with Crippen LogP contribution < -0.4 is 10.1 Å². The topological polar surface area (TPSA) is 52.0 Å². The zero-order valence-corrected chi connectivity index (χ0v) is 14.8. The molecule has 0 saturated carbocycles. The van der Waals surface area contributed by atoms with Crippen molar-refractivity contribution in [1.29, 1.82) is 0 Å². The molecular weight excluding hydrogens is 368 g/mol. The highest BCUT2D eigenvalue weighted by Crippen LogP contribution is 2.38.